The number of methoxy groups -OCH3 is 1. The standard InChI is InChI=1S/C21H26N4O3/c1-13(2)9-18-23-19-17(7-8-22-21(19)26)20(24-18)25-11-16(12-25)28-15-6-4-5-14(10-15)27-3/h4-6,10,13,16H,7-9,11-12H2,1-3H3,(H,22,26). The Labute approximate surface area is 165 Å². The molecule has 7 nitrogen and oxygen atoms in total. The lowest BCUT2D eigenvalue weighted by Crippen LogP contribution is -2.55. The molecule has 0 aliphatic carbocycles. The van der Waals surface area contributed by atoms with Crippen molar-refractivity contribution < 1.29 is 14.3 Å². The van der Waals surface area contributed by atoms with Gasteiger partial charge in [-0.15, -0.1) is 0 Å². The highest BCUT2D eigenvalue weighted by Gasteiger charge is 2.34. The molecule has 2 aromatic rings. The number of benzene rings is 1. The van der Waals surface area contributed by atoms with Gasteiger partial charge in [0.2, 0.25) is 0 Å². The molecule has 0 saturated carbocycles. The van der Waals surface area contributed by atoms with E-state index in [-0.39, 0.29) is 12.0 Å². The summed E-state index contributed by atoms with van der Waals surface area (Å²) in [5, 5.41) is 2.89. The van der Waals surface area contributed by atoms with Gasteiger partial charge in [-0.3, -0.25) is 4.79 Å². The first-order chi connectivity index (χ1) is 13.5. The lowest BCUT2D eigenvalue weighted by atomic mass is 10.0. The fourth-order valence-corrected chi connectivity index (χ4v) is 3.59. The predicted molar refractivity (Wildman–Crippen MR) is 106 cm³/mol. The zero-order valence-electron chi connectivity index (χ0n) is 16.6. The average molecular weight is 382 g/mol. The Morgan fingerprint density at radius 1 is 1.25 bits per heavy atom. The first-order valence-electron chi connectivity index (χ1n) is 9.77. The Morgan fingerprint density at radius 3 is 2.79 bits per heavy atom. The van der Waals surface area contributed by atoms with Gasteiger partial charge in [0.1, 0.15) is 34.9 Å². The summed E-state index contributed by atoms with van der Waals surface area (Å²) in [7, 11) is 1.65. The molecule has 1 amide bonds. The van der Waals surface area contributed by atoms with Gasteiger partial charge in [0.05, 0.1) is 20.2 Å². The second-order valence-electron chi connectivity index (χ2n) is 7.72. The molecular formula is C21H26N4O3. The van der Waals surface area contributed by atoms with Gasteiger partial charge in [0.15, 0.2) is 0 Å². The van der Waals surface area contributed by atoms with Crippen molar-refractivity contribution in [3.63, 3.8) is 0 Å². The number of amides is 1. The number of rotatable bonds is 6. The van der Waals surface area contributed by atoms with Crippen LogP contribution in [0.4, 0.5) is 5.82 Å². The Kier molecular flexibility index (Phi) is 5.07. The highest BCUT2D eigenvalue weighted by molar-refractivity contribution is 5.96. The first kappa shape index (κ1) is 18.5. The van der Waals surface area contributed by atoms with Crippen molar-refractivity contribution in [2.75, 3.05) is 31.6 Å². The summed E-state index contributed by atoms with van der Waals surface area (Å²) in [6.07, 6.45) is 1.60. The lowest BCUT2D eigenvalue weighted by molar-refractivity contribution is 0.0939. The van der Waals surface area contributed by atoms with Crippen LogP contribution >= 0.6 is 0 Å². The molecule has 0 spiro atoms. The molecule has 0 radical (unpaired) electrons. The summed E-state index contributed by atoms with van der Waals surface area (Å²) in [5.41, 5.74) is 1.49. The number of nitrogens with one attached hydrogen (secondary N) is 1. The van der Waals surface area contributed by atoms with Crippen molar-refractivity contribution in [2.45, 2.75) is 32.8 Å². The molecule has 0 atom stereocenters. The SMILES string of the molecule is COc1cccc(OC2CN(c3nc(CC(C)C)nc4c3CCNC4=O)C2)c1. The third kappa shape index (κ3) is 3.74. The monoisotopic (exact) mass is 382 g/mol. The second kappa shape index (κ2) is 7.66. The van der Waals surface area contributed by atoms with Crippen LogP contribution in [0.15, 0.2) is 24.3 Å². The van der Waals surface area contributed by atoms with E-state index in [0.29, 0.717) is 18.2 Å². The molecule has 0 bridgehead atoms. The van der Waals surface area contributed by atoms with Gasteiger partial charge in [-0.05, 0) is 24.5 Å². The van der Waals surface area contributed by atoms with Crippen LogP contribution in [0, 0.1) is 5.92 Å². The van der Waals surface area contributed by atoms with Crippen molar-refractivity contribution in [2.24, 2.45) is 5.92 Å². The van der Waals surface area contributed by atoms with Gasteiger partial charge in [-0.2, -0.15) is 0 Å². The van der Waals surface area contributed by atoms with Gasteiger partial charge in [-0.25, -0.2) is 9.97 Å². The fraction of sp³-hybridized carbons (Fsp3) is 0.476. The quantitative estimate of drug-likeness (QED) is 0.826. The topological polar surface area (TPSA) is 76.6 Å². The lowest BCUT2D eigenvalue weighted by Gasteiger charge is -2.41. The zero-order valence-corrected chi connectivity index (χ0v) is 16.6. The van der Waals surface area contributed by atoms with Crippen molar-refractivity contribution in [1.29, 1.82) is 0 Å². The number of nitrogens with zero attached hydrogens (tertiary/aromatic N) is 3. The van der Waals surface area contributed by atoms with E-state index in [2.05, 4.69) is 29.0 Å². The van der Waals surface area contributed by atoms with E-state index in [4.69, 9.17) is 14.5 Å². The molecule has 7 heteroatoms. The molecule has 148 valence electrons. The molecule has 28 heavy (non-hydrogen) atoms. The maximum atomic E-state index is 12.3. The minimum atomic E-state index is -0.0976. The minimum Gasteiger partial charge on any atom is -0.497 e. The van der Waals surface area contributed by atoms with Gasteiger partial charge in [-0.1, -0.05) is 19.9 Å². The smallest absolute Gasteiger partial charge is 0.270 e. The summed E-state index contributed by atoms with van der Waals surface area (Å²) < 4.78 is 11.3. The zero-order chi connectivity index (χ0) is 19.7. The van der Waals surface area contributed by atoms with Crippen molar-refractivity contribution in [3.8, 4) is 11.5 Å². The number of aromatic nitrogens is 2. The van der Waals surface area contributed by atoms with Crippen LogP contribution in [0.1, 0.15) is 35.7 Å². The largest absolute Gasteiger partial charge is 0.497 e. The van der Waals surface area contributed by atoms with Gasteiger partial charge >= 0.3 is 0 Å². The third-order valence-electron chi connectivity index (χ3n) is 4.99. The van der Waals surface area contributed by atoms with Gasteiger partial charge < -0.3 is 19.7 Å². The second-order valence-corrected chi connectivity index (χ2v) is 7.72. The van der Waals surface area contributed by atoms with E-state index in [1.165, 1.54) is 0 Å². The molecular weight excluding hydrogens is 356 g/mol. The molecule has 3 heterocycles. The molecule has 4 rings (SSSR count). The van der Waals surface area contributed by atoms with E-state index >= 15 is 0 Å². The van der Waals surface area contributed by atoms with Crippen LogP contribution in [-0.2, 0) is 12.8 Å². The highest BCUT2D eigenvalue weighted by Crippen LogP contribution is 2.30. The number of ether oxygens (including phenoxy) is 2. The van der Waals surface area contributed by atoms with Gasteiger partial charge in [0.25, 0.3) is 5.91 Å². The first-order valence-corrected chi connectivity index (χ1v) is 9.77. The molecule has 2 aliphatic rings. The molecule has 1 fully saturated rings. The number of carbonyl (C=O) groups is 1. The van der Waals surface area contributed by atoms with Crippen LogP contribution in [0.5, 0.6) is 11.5 Å². The van der Waals surface area contributed by atoms with E-state index in [0.717, 1.165) is 54.6 Å². The molecule has 1 aromatic carbocycles. The van der Waals surface area contributed by atoms with Crippen molar-refractivity contribution >= 4 is 11.7 Å². The average Bonchev–Trinajstić information content (AvgIpc) is 2.64. The van der Waals surface area contributed by atoms with E-state index in [1.54, 1.807) is 7.11 Å². The van der Waals surface area contributed by atoms with Crippen molar-refractivity contribution in [1.82, 2.24) is 15.3 Å². The summed E-state index contributed by atoms with van der Waals surface area (Å²) in [6, 6.07) is 7.64. The Bertz CT molecular complexity index is 878. The van der Waals surface area contributed by atoms with Crippen LogP contribution in [-0.4, -0.2) is 48.7 Å². The Hall–Kier alpha value is -2.83. The molecule has 1 saturated heterocycles. The fourth-order valence-electron chi connectivity index (χ4n) is 3.59. The highest BCUT2D eigenvalue weighted by atomic mass is 16.5. The third-order valence-corrected chi connectivity index (χ3v) is 4.99. The Morgan fingerprint density at radius 2 is 2.04 bits per heavy atom. The number of fused-ring (bicyclic) bond motifs is 1. The van der Waals surface area contributed by atoms with E-state index in [9.17, 15) is 4.79 Å². The number of carbonyl (C=O) groups excluding carboxylic acids is 1. The molecule has 1 aromatic heterocycles. The normalized spacial score (nSPS) is 16.4. The summed E-state index contributed by atoms with van der Waals surface area (Å²) in [6.45, 7) is 6.37. The van der Waals surface area contributed by atoms with Crippen LogP contribution < -0.4 is 19.7 Å². The molecule has 1 N–H and O–H groups in total. The summed E-state index contributed by atoms with van der Waals surface area (Å²) in [5.74, 6) is 3.54. The predicted octanol–water partition coefficient (Wildman–Crippen LogP) is 2.24. The maximum absolute atomic E-state index is 12.3. The van der Waals surface area contributed by atoms with Crippen LogP contribution in [0.2, 0.25) is 0 Å². The number of hydrogen-bond donors (Lipinski definition) is 1. The van der Waals surface area contributed by atoms with Crippen molar-refractivity contribution in [3.05, 3.63) is 41.3 Å². The molecule has 0 unspecified atom stereocenters. The van der Waals surface area contributed by atoms with Crippen LogP contribution in [0.3, 0.4) is 0 Å². The number of anilines is 1. The maximum Gasteiger partial charge on any atom is 0.270 e. The summed E-state index contributed by atoms with van der Waals surface area (Å²) in [4.78, 5) is 23.9. The molecule has 2 aliphatic heterocycles. The van der Waals surface area contributed by atoms with E-state index < -0.39 is 0 Å². The minimum absolute atomic E-state index is 0.0867. The van der Waals surface area contributed by atoms with Gasteiger partial charge in [0, 0.05) is 24.6 Å². The van der Waals surface area contributed by atoms with E-state index in [1.807, 2.05) is 24.3 Å². The number of hydrogen-bond acceptors (Lipinski definition) is 6. The van der Waals surface area contributed by atoms with Crippen LogP contribution in [0.25, 0.3) is 0 Å². The Balaban J connectivity index is 1.51. The summed E-state index contributed by atoms with van der Waals surface area (Å²) >= 11 is 0.